The number of aromatic nitrogens is 1. The molecule has 0 radical (unpaired) electrons. The molecule has 2 aromatic rings. The Kier molecular flexibility index (Phi) is 7.13. The number of halogens is 1. The van der Waals surface area contributed by atoms with Gasteiger partial charge in [-0.25, -0.2) is 4.98 Å². The van der Waals surface area contributed by atoms with Crippen LogP contribution in [0, 0.1) is 5.92 Å². The third-order valence-corrected chi connectivity index (χ3v) is 7.52. The Morgan fingerprint density at radius 2 is 1.90 bits per heavy atom. The lowest BCUT2D eigenvalue weighted by molar-refractivity contribution is -0.137. The molecule has 2 heterocycles. The number of anilines is 1. The van der Waals surface area contributed by atoms with Crippen molar-refractivity contribution in [2.45, 2.75) is 50.9 Å². The molecule has 4 rings (SSSR count). The van der Waals surface area contributed by atoms with Crippen molar-refractivity contribution in [2.24, 2.45) is 5.92 Å². The standard InChI is InChI=1S/C23H28ClN3O3S/c1-30-20-8-7-17(24)13-18(20)25-21(28)19-14-31-22(26-19)15-9-11-27(12-10-15)23(29)16-5-3-2-4-6-16/h7-8,13-16H,2-6,9-12H2,1H3,(H,25,28). The number of thiazole rings is 1. The normalized spacial score (nSPS) is 18.1. The van der Waals surface area contributed by atoms with Crippen LogP contribution < -0.4 is 10.1 Å². The number of nitrogens with one attached hydrogen (secondary N) is 1. The molecule has 6 nitrogen and oxygen atoms in total. The number of piperidine rings is 1. The average molecular weight is 462 g/mol. The fraction of sp³-hybridized carbons (Fsp3) is 0.522. The fourth-order valence-corrected chi connectivity index (χ4v) is 5.64. The number of amides is 2. The molecule has 1 saturated heterocycles. The van der Waals surface area contributed by atoms with E-state index in [-0.39, 0.29) is 11.8 Å². The van der Waals surface area contributed by atoms with Gasteiger partial charge >= 0.3 is 0 Å². The van der Waals surface area contributed by atoms with E-state index < -0.39 is 0 Å². The highest BCUT2D eigenvalue weighted by Crippen LogP contribution is 2.33. The van der Waals surface area contributed by atoms with Crippen molar-refractivity contribution in [1.82, 2.24) is 9.88 Å². The fourth-order valence-electron chi connectivity index (χ4n) is 4.50. The van der Waals surface area contributed by atoms with Gasteiger partial charge in [0, 0.05) is 35.3 Å². The van der Waals surface area contributed by atoms with Gasteiger partial charge in [-0.05, 0) is 43.9 Å². The molecule has 1 saturated carbocycles. The number of hydrogen-bond acceptors (Lipinski definition) is 5. The summed E-state index contributed by atoms with van der Waals surface area (Å²) in [6, 6.07) is 5.08. The van der Waals surface area contributed by atoms with Gasteiger partial charge in [-0.1, -0.05) is 30.9 Å². The van der Waals surface area contributed by atoms with Gasteiger partial charge in [0.2, 0.25) is 5.91 Å². The van der Waals surface area contributed by atoms with Crippen LogP contribution in [0.3, 0.4) is 0 Å². The summed E-state index contributed by atoms with van der Waals surface area (Å²) in [5.74, 6) is 1.12. The second-order valence-corrected chi connectivity index (χ2v) is 9.63. The Bertz CT molecular complexity index is 934. The van der Waals surface area contributed by atoms with E-state index in [4.69, 9.17) is 16.3 Å². The van der Waals surface area contributed by atoms with Crippen molar-refractivity contribution in [1.29, 1.82) is 0 Å². The summed E-state index contributed by atoms with van der Waals surface area (Å²) < 4.78 is 5.29. The monoisotopic (exact) mass is 461 g/mol. The summed E-state index contributed by atoms with van der Waals surface area (Å²) in [6.45, 7) is 1.56. The molecule has 2 fully saturated rings. The maximum absolute atomic E-state index is 12.8. The van der Waals surface area contributed by atoms with Crippen LogP contribution in [0.4, 0.5) is 5.69 Å². The molecule has 31 heavy (non-hydrogen) atoms. The van der Waals surface area contributed by atoms with Gasteiger partial charge in [0.05, 0.1) is 17.8 Å². The predicted molar refractivity (Wildman–Crippen MR) is 123 cm³/mol. The van der Waals surface area contributed by atoms with Crippen LogP contribution >= 0.6 is 22.9 Å². The van der Waals surface area contributed by atoms with Gasteiger partial charge in [-0.2, -0.15) is 0 Å². The number of nitrogens with zero attached hydrogens (tertiary/aromatic N) is 2. The zero-order chi connectivity index (χ0) is 21.8. The first-order valence-corrected chi connectivity index (χ1v) is 12.2. The minimum absolute atomic E-state index is 0.226. The van der Waals surface area contributed by atoms with Crippen LogP contribution in [0.15, 0.2) is 23.6 Å². The van der Waals surface area contributed by atoms with Crippen molar-refractivity contribution < 1.29 is 14.3 Å². The molecule has 0 atom stereocenters. The number of ether oxygens (including phenoxy) is 1. The number of hydrogen-bond donors (Lipinski definition) is 1. The van der Waals surface area contributed by atoms with E-state index in [1.165, 1.54) is 30.6 Å². The molecule has 0 bridgehead atoms. The first-order chi connectivity index (χ1) is 15.0. The molecule has 0 unspecified atom stereocenters. The summed E-state index contributed by atoms with van der Waals surface area (Å²) in [6.07, 6.45) is 7.50. The Morgan fingerprint density at radius 3 is 2.61 bits per heavy atom. The summed E-state index contributed by atoms with van der Waals surface area (Å²) in [4.78, 5) is 32.1. The van der Waals surface area contributed by atoms with E-state index in [2.05, 4.69) is 10.3 Å². The summed E-state index contributed by atoms with van der Waals surface area (Å²) in [7, 11) is 1.55. The molecule has 1 N–H and O–H groups in total. The van der Waals surface area contributed by atoms with Gasteiger partial charge in [0.25, 0.3) is 5.91 Å². The molecule has 1 aromatic carbocycles. The lowest BCUT2D eigenvalue weighted by atomic mass is 9.87. The molecule has 1 aromatic heterocycles. The number of carbonyl (C=O) groups excluding carboxylic acids is 2. The smallest absolute Gasteiger partial charge is 0.275 e. The topological polar surface area (TPSA) is 71.5 Å². The molecule has 1 aliphatic carbocycles. The van der Waals surface area contributed by atoms with Crippen LogP contribution in [-0.2, 0) is 4.79 Å². The van der Waals surface area contributed by atoms with Gasteiger partial charge in [-0.3, -0.25) is 9.59 Å². The van der Waals surface area contributed by atoms with E-state index in [0.29, 0.717) is 34.0 Å². The van der Waals surface area contributed by atoms with Gasteiger partial charge in [0.1, 0.15) is 11.4 Å². The molecule has 2 amide bonds. The average Bonchev–Trinajstić information content (AvgIpc) is 3.30. The molecule has 2 aliphatic rings. The summed E-state index contributed by atoms with van der Waals surface area (Å²) >= 11 is 7.56. The van der Waals surface area contributed by atoms with Crippen molar-refractivity contribution in [2.75, 3.05) is 25.5 Å². The van der Waals surface area contributed by atoms with Crippen LogP contribution in [0.25, 0.3) is 0 Å². The van der Waals surface area contributed by atoms with E-state index in [1.807, 2.05) is 4.90 Å². The van der Waals surface area contributed by atoms with E-state index in [1.54, 1.807) is 30.7 Å². The van der Waals surface area contributed by atoms with Crippen LogP contribution in [0.1, 0.15) is 66.4 Å². The highest BCUT2D eigenvalue weighted by Gasteiger charge is 2.30. The van der Waals surface area contributed by atoms with Crippen molar-refractivity contribution in [3.05, 3.63) is 39.3 Å². The first kappa shape index (κ1) is 22.1. The Hall–Kier alpha value is -2.12. The number of carbonyl (C=O) groups is 2. The van der Waals surface area contributed by atoms with Crippen molar-refractivity contribution in [3.63, 3.8) is 0 Å². The van der Waals surface area contributed by atoms with Crippen molar-refractivity contribution in [3.8, 4) is 5.75 Å². The second kappa shape index (κ2) is 10.0. The first-order valence-electron chi connectivity index (χ1n) is 10.9. The Balaban J connectivity index is 1.34. The number of benzene rings is 1. The van der Waals surface area contributed by atoms with E-state index in [9.17, 15) is 9.59 Å². The maximum Gasteiger partial charge on any atom is 0.275 e. The predicted octanol–water partition coefficient (Wildman–Crippen LogP) is 5.34. The Morgan fingerprint density at radius 1 is 1.16 bits per heavy atom. The number of likely N-dealkylation sites (tertiary alicyclic amines) is 1. The quantitative estimate of drug-likeness (QED) is 0.652. The number of methoxy groups -OCH3 is 1. The molecular weight excluding hydrogens is 434 g/mol. The van der Waals surface area contributed by atoms with Crippen molar-refractivity contribution >= 4 is 40.4 Å². The molecular formula is C23H28ClN3O3S. The lowest BCUT2D eigenvalue weighted by Gasteiger charge is -2.34. The second-order valence-electron chi connectivity index (χ2n) is 8.30. The van der Waals surface area contributed by atoms with Crippen LogP contribution in [0.2, 0.25) is 5.02 Å². The minimum Gasteiger partial charge on any atom is -0.495 e. The zero-order valence-electron chi connectivity index (χ0n) is 17.7. The van der Waals surface area contributed by atoms with Gasteiger partial charge in [0.15, 0.2) is 0 Å². The van der Waals surface area contributed by atoms with Gasteiger partial charge in [-0.15, -0.1) is 11.3 Å². The third-order valence-electron chi connectivity index (χ3n) is 6.27. The zero-order valence-corrected chi connectivity index (χ0v) is 19.3. The van der Waals surface area contributed by atoms with E-state index >= 15 is 0 Å². The Labute approximate surface area is 191 Å². The van der Waals surface area contributed by atoms with Crippen LogP contribution in [0.5, 0.6) is 5.75 Å². The molecule has 1 aliphatic heterocycles. The largest absolute Gasteiger partial charge is 0.495 e. The van der Waals surface area contributed by atoms with E-state index in [0.717, 1.165) is 43.8 Å². The maximum atomic E-state index is 12.8. The molecule has 0 spiro atoms. The van der Waals surface area contributed by atoms with Crippen LogP contribution in [-0.4, -0.2) is 41.9 Å². The molecule has 8 heteroatoms. The molecule has 166 valence electrons. The number of rotatable bonds is 5. The SMILES string of the molecule is COc1ccc(Cl)cc1NC(=O)c1csc(C2CCN(C(=O)C3CCCCC3)CC2)n1. The highest BCUT2D eigenvalue weighted by atomic mass is 35.5. The van der Waals surface area contributed by atoms with Gasteiger partial charge < -0.3 is 15.0 Å². The summed E-state index contributed by atoms with van der Waals surface area (Å²) in [5.41, 5.74) is 0.909. The minimum atomic E-state index is -0.284. The highest BCUT2D eigenvalue weighted by molar-refractivity contribution is 7.10. The summed E-state index contributed by atoms with van der Waals surface area (Å²) in [5, 5.41) is 6.11. The lowest BCUT2D eigenvalue weighted by Crippen LogP contribution is -2.41. The third kappa shape index (κ3) is 5.21.